The number of carbonyl (C=O) groups excluding carboxylic acids is 1. The van der Waals surface area contributed by atoms with Gasteiger partial charge in [0.2, 0.25) is 0 Å². The lowest BCUT2D eigenvalue weighted by Crippen LogP contribution is -2.47. The summed E-state index contributed by atoms with van der Waals surface area (Å²) in [6.45, 7) is 3.00. The normalized spacial score (nSPS) is 17.3. The van der Waals surface area contributed by atoms with E-state index >= 15 is 0 Å². The minimum atomic E-state index is -0.155. The molecule has 0 spiro atoms. The molecule has 0 saturated heterocycles. The van der Waals surface area contributed by atoms with E-state index in [-0.39, 0.29) is 12.1 Å². The molecule has 1 aromatic carbocycles. The molecule has 0 aliphatic carbocycles. The van der Waals surface area contributed by atoms with Gasteiger partial charge in [0, 0.05) is 6.54 Å². The summed E-state index contributed by atoms with van der Waals surface area (Å²) in [6, 6.07) is 5.56. The van der Waals surface area contributed by atoms with Crippen molar-refractivity contribution >= 4 is 6.03 Å². The van der Waals surface area contributed by atoms with Gasteiger partial charge in [0.05, 0.1) is 13.2 Å². The summed E-state index contributed by atoms with van der Waals surface area (Å²) >= 11 is 0. The van der Waals surface area contributed by atoms with Crippen LogP contribution in [0.25, 0.3) is 0 Å². The van der Waals surface area contributed by atoms with Crippen LogP contribution in [0.1, 0.15) is 12.5 Å². The van der Waals surface area contributed by atoms with Crippen LogP contribution >= 0.6 is 0 Å². The third-order valence-corrected chi connectivity index (χ3v) is 2.85. The maximum Gasteiger partial charge on any atom is 0.315 e. The molecular formula is C13H18N2O3. The van der Waals surface area contributed by atoms with Crippen molar-refractivity contribution in [2.45, 2.75) is 19.4 Å². The average Bonchev–Trinajstić information content (AvgIpc) is 2.38. The molecule has 0 unspecified atom stereocenters. The molecule has 0 aromatic heterocycles. The Labute approximate surface area is 106 Å². The zero-order valence-electron chi connectivity index (χ0n) is 10.7. The van der Waals surface area contributed by atoms with E-state index < -0.39 is 0 Å². The quantitative estimate of drug-likeness (QED) is 0.850. The fourth-order valence-electron chi connectivity index (χ4n) is 1.99. The smallest absolute Gasteiger partial charge is 0.315 e. The van der Waals surface area contributed by atoms with Crippen molar-refractivity contribution in [3.05, 3.63) is 23.8 Å². The molecule has 0 bridgehead atoms. The molecule has 1 aromatic rings. The Morgan fingerprint density at radius 2 is 2.39 bits per heavy atom. The topological polar surface area (TPSA) is 59.6 Å². The van der Waals surface area contributed by atoms with Crippen molar-refractivity contribution in [1.82, 2.24) is 10.6 Å². The maximum absolute atomic E-state index is 11.4. The molecule has 1 aliphatic heterocycles. The molecule has 2 N–H and O–H groups in total. The van der Waals surface area contributed by atoms with Crippen LogP contribution in [0.3, 0.4) is 0 Å². The minimum Gasteiger partial charge on any atom is -0.497 e. The minimum absolute atomic E-state index is 0.00356. The Morgan fingerprint density at radius 1 is 1.56 bits per heavy atom. The number of ether oxygens (including phenoxy) is 2. The van der Waals surface area contributed by atoms with Gasteiger partial charge in [-0.2, -0.15) is 0 Å². The van der Waals surface area contributed by atoms with Gasteiger partial charge >= 0.3 is 6.03 Å². The summed E-state index contributed by atoms with van der Waals surface area (Å²) < 4.78 is 10.8. The predicted molar refractivity (Wildman–Crippen MR) is 68.2 cm³/mol. The van der Waals surface area contributed by atoms with Crippen molar-refractivity contribution in [3.8, 4) is 11.5 Å². The summed E-state index contributed by atoms with van der Waals surface area (Å²) in [4.78, 5) is 11.4. The third kappa shape index (κ3) is 2.85. The zero-order valence-corrected chi connectivity index (χ0v) is 10.7. The first-order valence-corrected chi connectivity index (χ1v) is 6.07. The van der Waals surface area contributed by atoms with Gasteiger partial charge in [0.25, 0.3) is 0 Å². The van der Waals surface area contributed by atoms with E-state index in [4.69, 9.17) is 9.47 Å². The molecule has 2 rings (SSSR count). The molecular weight excluding hydrogens is 232 g/mol. The number of methoxy groups -OCH3 is 1. The van der Waals surface area contributed by atoms with Gasteiger partial charge in [-0.15, -0.1) is 0 Å². The Kier molecular flexibility index (Phi) is 3.92. The molecule has 1 atom stereocenters. The third-order valence-electron chi connectivity index (χ3n) is 2.85. The van der Waals surface area contributed by atoms with Crippen LogP contribution in [0.2, 0.25) is 0 Å². The van der Waals surface area contributed by atoms with Crippen LogP contribution in [0.4, 0.5) is 4.79 Å². The molecule has 1 aliphatic rings. The molecule has 2 amide bonds. The first-order valence-electron chi connectivity index (χ1n) is 6.07. The highest BCUT2D eigenvalue weighted by Crippen LogP contribution is 2.28. The Hall–Kier alpha value is -1.91. The maximum atomic E-state index is 11.4. The second-order valence-electron chi connectivity index (χ2n) is 4.19. The first kappa shape index (κ1) is 12.5. The summed E-state index contributed by atoms with van der Waals surface area (Å²) in [5.41, 5.74) is 1.06. The van der Waals surface area contributed by atoms with Crippen molar-refractivity contribution in [2.75, 3.05) is 20.3 Å². The number of rotatable bonds is 3. The average molecular weight is 250 g/mol. The van der Waals surface area contributed by atoms with Crippen molar-refractivity contribution in [1.29, 1.82) is 0 Å². The standard InChI is InChI=1S/C13H18N2O3/c1-3-14-13(16)15-10-6-9-7-11(17-2)4-5-12(9)18-8-10/h4-5,7,10H,3,6,8H2,1-2H3,(H2,14,15,16)/t10-/m1/s1. The SMILES string of the molecule is CCNC(=O)N[C@H]1COc2ccc(OC)cc2C1. The summed E-state index contributed by atoms with van der Waals surface area (Å²) in [7, 11) is 1.63. The first-order chi connectivity index (χ1) is 8.72. The monoisotopic (exact) mass is 250 g/mol. The number of nitrogens with one attached hydrogen (secondary N) is 2. The lowest BCUT2D eigenvalue weighted by atomic mass is 10.0. The van der Waals surface area contributed by atoms with Gasteiger partial charge in [0.1, 0.15) is 18.1 Å². The molecule has 0 radical (unpaired) electrons. The highest BCUT2D eigenvalue weighted by molar-refractivity contribution is 5.74. The number of hydrogen-bond donors (Lipinski definition) is 2. The molecule has 0 saturated carbocycles. The van der Waals surface area contributed by atoms with Crippen molar-refractivity contribution in [2.24, 2.45) is 0 Å². The van der Waals surface area contributed by atoms with Gasteiger partial charge in [0.15, 0.2) is 0 Å². The number of fused-ring (bicyclic) bond motifs is 1. The summed E-state index contributed by atoms with van der Waals surface area (Å²) in [6.07, 6.45) is 0.754. The fourth-order valence-corrected chi connectivity index (χ4v) is 1.99. The van der Waals surface area contributed by atoms with Crippen LogP contribution in [0, 0.1) is 0 Å². The lowest BCUT2D eigenvalue weighted by Gasteiger charge is -2.26. The Morgan fingerprint density at radius 3 is 3.11 bits per heavy atom. The van der Waals surface area contributed by atoms with E-state index in [2.05, 4.69) is 10.6 Å². The van der Waals surface area contributed by atoms with Crippen molar-refractivity contribution in [3.63, 3.8) is 0 Å². The van der Waals surface area contributed by atoms with E-state index in [9.17, 15) is 4.79 Å². The highest BCUT2D eigenvalue weighted by atomic mass is 16.5. The highest BCUT2D eigenvalue weighted by Gasteiger charge is 2.21. The van der Waals surface area contributed by atoms with Crippen LogP contribution < -0.4 is 20.1 Å². The van der Waals surface area contributed by atoms with Crippen LogP contribution in [0.15, 0.2) is 18.2 Å². The molecule has 0 fully saturated rings. The number of urea groups is 1. The Bertz CT molecular complexity index is 434. The number of carbonyl (C=O) groups is 1. The number of amides is 2. The van der Waals surface area contributed by atoms with Crippen molar-refractivity contribution < 1.29 is 14.3 Å². The van der Waals surface area contributed by atoms with Gasteiger partial charge < -0.3 is 20.1 Å². The molecule has 18 heavy (non-hydrogen) atoms. The van der Waals surface area contributed by atoms with E-state index in [1.165, 1.54) is 0 Å². The van der Waals surface area contributed by atoms with Crippen LogP contribution in [-0.2, 0) is 6.42 Å². The molecule has 1 heterocycles. The second kappa shape index (κ2) is 5.62. The molecule has 98 valence electrons. The van der Waals surface area contributed by atoms with E-state index in [0.29, 0.717) is 13.2 Å². The van der Waals surface area contributed by atoms with Gasteiger partial charge in [-0.05, 0) is 37.1 Å². The van der Waals surface area contributed by atoms with Gasteiger partial charge in [-0.3, -0.25) is 0 Å². The van der Waals surface area contributed by atoms with Gasteiger partial charge in [-0.25, -0.2) is 4.79 Å². The summed E-state index contributed by atoms with van der Waals surface area (Å²) in [5.74, 6) is 1.67. The Balaban J connectivity index is 2.02. The number of hydrogen-bond acceptors (Lipinski definition) is 3. The second-order valence-corrected chi connectivity index (χ2v) is 4.19. The van der Waals surface area contributed by atoms with E-state index in [1.807, 2.05) is 25.1 Å². The zero-order chi connectivity index (χ0) is 13.0. The number of benzene rings is 1. The van der Waals surface area contributed by atoms with Gasteiger partial charge in [-0.1, -0.05) is 0 Å². The van der Waals surface area contributed by atoms with E-state index in [0.717, 1.165) is 23.5 Å². The summed E-state index contributed by atoms with van der Waals surface area (Å²) in [5, 5.41) is 5.59. The van der Waals surface area contributed by atoms with E-state index in [1.54, 1.807) is 7.11 Å². The predicted octanol–water partition coefficient (Wildman–Crippen LogP) is 1.32. The fraction of sp³-hybridized carbons (Fsp3) is 0.462. The molecule has 5 nitrogen and oxygen atoms in total. The molecule has 5 heteroatoms. The van der Waals surface area contributed by atoms with Crippen LogP contribution in [-0.4, -0.2) is 32.3 Å². The largest absolute Gasteiger partial charge is 0.497 e. The lowest BCUT2D eigenvalue weighted by molar-refractivity contribution is 0.214. The van der Waals surface area contributed by atoms with Crippen LogP contribution in [0.5, 0.6) is 11.5 Å².